The van der Waals surface area contributed by atoms with Gasteiger partial charge in [-0.2, -0.15) is 5.10 Å². The minimum atomic E-state index is -0.777. The summed E-state index contributed by atoms with van der Waals surface area (Å²) in [5, 5.41) is 24.4. The average molecular weight is 380 g/mol. The number of benzene rings is 2. The highest BCUT2D eigenvalue weighted by Gasteiger charge is 2.18. The maximum atomic E-state index is 12.1. The number of methoxy groups -OCH3 is 2. The monoisotopic (exact) mass is 379 g/mol. The van der Waals surface area contributed by atoms with E-state index in [4.69, 9.17) is 21.1 Å². The summed E-state index contributed by atoms with van der Waals surface area (Å²) in [6.07, 6.45) is 1.05. The molecule has 0 heterocycles. The molecule has 0 aliphatic rings. The molecule has 2 rings (SSSR count). The molecule has 2 aromatic rings. The summed E-state index contributed by atoms with van der Waals surface area (Å²) in [6, 6.07) is 6.81. The first-order chi connectivity index (χ1) is 12.4. The number of rotatable bonds is 6. The Kier molecular flexibility index (Phi) is 5.97. The third-order valence-electron chi connectivity index (χ3n) is 3.30. The maximum Gasteiger partial charge on any atom is 0.312 e. The quantitative estimate of drug-likeness (QED) is 0.452. The lowest BCUT2D eigenvalue weighted by atomic mass is 10.2. The fraction of sp³-hybridized carbons (Fsp3) is 0.125. The van der Waals surface area contributed by atoms with Gasteiger partial charge in [0.2, 0.25) is 5.75 Å². The van der Waals surface area contributed by atoms with Crippen molar-refractivity contribution in [2.45, 2.75) is 0 Å². The smallest absolute Gasteiger partial charge is 0.312 e. The average Bonchev–Trinajstić information content (AvgIpc) is 2.63. The Bertz CT molecular complexity index is 885. The Balaban J connectivity index is 2.18. The topological polar surface area (TPSA) is 123 Å². The molecule has 0 aliphatic carbocycles. The number of aromatic hydroxyl groups is 1. The van der Waals surface area contributed by atoms with Crippen LogP contribution in [0.3, 0.4) is 0 Å². The molecule has 9 nitrogen and oxygen atoms in total. The van der Waals surface area contributed by atoms with Gasteiger partial charge in [-0.1, -0.05) is 11.6 Å². The molecule has 1 amide bonds. The molecular formula is C16H14ClN3O6. The van der Waals surface area contributed by atoms with E-state index in [1.54, 1.807) is 6.07 Å². The summed E-state index contributed by atoms with van der Waals surface area (Å²) in [7, 11) is 2.91. The van der Waals surface area contributed by atoms with Gasteiger partial charge in [0.15, 0.2) is 11.5 Å². The SMILES string of the molecule is COc1ccc(C(=O)N/N=C/c2cc(Cl)cc([N+](=O)[O-])c2O)cc1OC. The van der Waals surface area contributed by atoms with Gasteiger partial charge in [-0.15, -0.1) is 0 Å². The Hall–Kier alpha value is -3.33. The van der Waals surface area contributed by atoms with Gasteiger partial charge in [0.05, 0.1) is 25.4 Å². The van der Waals surface area contributed by atoms with Crippen LogP contribution in [0.4, 0.5) is 5.69 Å². The van der Waals surface area contributed by atoms with Crippen molar-refractivity contribution in [3.63, 3.8) is 0 Å². The van der Waals surface area contributed by atoms with Crippen molar-refractivity contribution in [1.29, 1.82) is 0 Å². The lowest BCUT2D eigenvalue weighted by molar-refractivity contribution is -0.385. The number of nitrogens with zero attached hydrogens (tertiary/aromatic N) is 2. The molecule has 26 heavy (non-hydrogen) atoms. The molecule has 10 heteroatoms. The van der Waals surface area contributed by atoms with Crippen LogP contribution in [0.15, 0.2) is 35.4 Å². The van der Waals surface area contributed by atoms with Gasteiger partial charge in [0.25, 0.3) is 5.91 Å². The van der Waals surface area contributed by atoms with Gasteiger partial charge in [-0.05, 0) is 24.3 Å². The Labute approximate surface area is 153 Å². The molecule has 2 aromatic carbocycles. The van der Waals surface area contributed by atoms with E-state index >= 15 is 0 Å². The lowest BCUT2D eigenvalue weighted by Gasteiger charge is -2.08. The largest absolute Gasteiger partial charge is 0.502 e. The van der Waals surface area contributed by atoms with Crippen molar-refractivity contribution in [3.05, 3.63) is 56.6 Å². The fourth-order valence-electron chi connectivity index (χ4n) is 2.05. The van der Waals surface area contributed by atoms with Crippen molar-refractivity contribution in [3.8, 4) is 17.2 Å². The molecule has 0 aliphatic heterocycles. The number of carbonyl (C=O) groups excluding carboxylic acids is 1. The van der Waals surface area contributed by atoms with Crippen LogP contribution in [0.5, 0.6) is 17.2 Å². The van der Waals surface area contributed by atoms with E-state index < -0.39 is 22.3 Å². The van der Waals surface area contributed by atoms with Gasteiger partial charge in [-0.3, -0.25) is 14.9 Å². The van der Waals surface area contributed by atoms with Gasteiger partial charge in [0.1, 0.15) is 0 Å². The van der Waals surface area contributed by atoms with Crippen molar-refractivity contribution in [1.82, 2.24) is 5.43 Å². The van der Waals surface area contributed by atoms with E-state index in [-0.39, 0.29) is 16.1 Å². The van der Waals surface area contributed by atoms with Crippen molar-refractivity contribution >= 4 is 29.4 Å². The number of phenolic OH excluding ortho intramolecular Hbond substituents is 1. The molecule has 136 valence electrons. The second-order valence-electron chi connectivity index (χ2n) is 4.89. The highest BCUT2D eigenvalue weighted by atomic mass is 35.5. The molecule has 0 aromatic heterocycles. The van der Waals surface area contributed by atoms with Crippen LogP contribution in [0.25, 0.3) is 0 Å². The number of ether oxygens (including phenoxy) is 2. The highest BCUT2D eigenvalue weighted by molar-refractivity contribution is 6.31. The number of nitrogens with one attached hydrogen (secondary N) is 1. The Morgan fingerprint density at radius 1 is 1.27 bits per heavy atom. The van der Waals surface area contributed by atoms with E-state index in [0.29, 0.717) is 11.5 Å². The first kappa shape index (κ1) is 19.0. The number of carbonyl (C=O) groups is 1. The summed E-state index contributed by atoms with van der Waals surface area (Å²) in [6.45, 7) is 0. The second kappa shape index (κ2) is 8.17. The fourth-order valence-corrected chi connectivity index (χ4v) is 2.27. The molecule has 0 saturated heterocycles. The summed E-state index contributed by atoms with van der Waals surface area (Å²) in [5.41, 5.74) is 1.91. The van der Waals surface area contributed by atoms with E-state index in [2.05, 4.69) is 10.5 Å². The van der Waals surface area contributed by atoms with E-state index in [9.17, 15) is 20.0 Å². The number of amides is 1. The van der Waals surface area contributed by atoms with Crippen molar-refractivity contribution < 1.29 is 24.3 Å². The number of halogens is 1. The maximum absolute atomic E-state index is 12.1. The zero-order valence-corrected chi connectivity index (χ0v) is 14.5. The summed E-state index contributed by atoms with van der Waals surface area (Å²) in [4.78, 5) is 22.2. The first-order valence-corrected chi connectivity index (χ1v) is 7.47. The minimum absolute atomic E-state index is 0.0168. The van der Waals surface area contributed by atoms with Crippen LogP contribution in [0.1, 0.15) is 15.9 Å². The molecule has 0 spiro atoms. The second-order valence-corrected chi connectivity index (χ2v) is 5.33. The molecule has 0 unspecified atom stereocenters. The predicted octanol–water partition coefficient (Wildman–Crippen LogP) is 2.73. The zero-order valence-electron chi connectivity index (χ0n) is 13.7. The molecule has 0 bridgehead atoms. The van der Waals surface area contributed by atoms with E-state index in [1.165, 1.54) is 32.4 Å². The van der Waals surface area contributed by atoms with Crippen molar-refractivity contribution in [2.75, 3.05) is 14.2 Å². The summed E-state index contributed by atoms with van der Waals surface area (Å²) >= 11 is 5.78. The Morgan fingerprint density at radius 2 is 1.96 bits per heavy atom. The van der Waals surface area contributed by atoms with E-state index in [1.807, 2.05) is 0 Å². The van der Waals surface area contributed by atoms with Crippen LogP contribution in [0, 0.1) is 10.1 Å². The van der Waals surface area contributed by atoms with Crippen LogP contribution >= 0.6 is 11.6 Å². The van der Waals surface area contributed by atoms with Gasteiger partial charge >= 0.3 is 5.69 Å². The van der Waals surface area contributed by atoms with Crippen LogP contribution < -0.4 is 14.9 Å². The number of hydrogen-bond acceptors (Lipinski definition) is 7. The molecule has 0 atom stereocenters. The number of phenols is 1. The number of hydrazone groups is 1. The first-order valence-electron chi connectivity index (χ1n) is 7.09. The van der Waals surface area contributed by atoms with Crippen LogP contribution in [0.2, 0.25) is 5.02 Å². The summed E-state index contributed by atoms with van der Waals surface area (Å²) < 4.78 is 10.2. The van der Waals surface area contributed by atoms with Gasteiger partial charge in [0, 0.05) is 22.2 Å². The van der Waals surface area contributed by atoms with Crippen LogP contribution in [-0.2, 0) is 0 Å². The number of nitro benzene ring substituents is 1. The zero-order chi connectivity index (χ0) is 19.3. The van der Waals surface area contributed by atoms with Crippen LogP contribution in [-0.4, -0.2) is 36.4 Å². The normalized spacial score (nSPS) is 10.6. The molecule has 0 radical (unpaired) electrons. The number of nitro groups is 1. The minimum Gasteiger partial charge on any atom is -0.502 e. The predicted molar refractivity (Wildman–Crippen MR) is 94.4 cm³/mol. The van der Waals surface area contributed by atoms with Gasteiger partial charge < -0.3 is 14.6 Å². The standard InChI is InChI=1S/C16H14ClN3O6/c1-25-13-4-3-9(6-14(13)26-2)16(22)19-18-8-10-5-11(17)7-12(15(10)21)20(23)24/h3-8,21H,1-2H3,(H,19,22)/b18-8+. The Morgan fingerprint density at radius 3 is 2.58 bits per heavy atom. The molecule has 0 fully saturated rings. The van der Waals surface area contributed by atoms with E-state index in [0.717, 1.165) is 12.3 Å². The third kappa shape index (κ3) is 4.19. The third-order valence-corrected chi connectivity index (χ3v) is 3.51. The molecule has 2 N–H and O–H groups in total. The molecule has 0 saturated carbocycles. The summed E-state index contributed by atoms with van der Waals surface area (Å²) in [5.74, 6) is -0.335. The number of hydrogen-bond donors (Lipinski definition) is 2. The highest BCUT2D eigenvalue weighted by Crippen LogP contribution is 2.32. The molecular weight excluding hydrogens is 366 g/mol. The van der Waals surface area contributed by atoms with Crippen molar-refractivity contribution in [2.24, 2.45) is 5.10 Å². The van der Waals surface area contributed by atoms with Gasteiger partial charge in [-0.25, -0.2) is 5.43 Å². The lowest BCUT2D eigenvalue weighted by Crippen LogP contribution is -2.17.